The van der Waals surface area contributed by atoms with Gasteiger partial charge in [-0.25, -0.2) is 9.79 Å². The van der Waals surface area contributed by atoms with Crippen molar-refractivity contribution < 1.29 is 5.11 Å². The minimum absolute atomic E-state index is 0.0758. The van der Waals surface area contributed by atoms with E-state index >= 15 is 0 Å². The van der Waals surface area contributed by atoms with Crippen LogP contribution in [0.1, 0.15) is 56.2 Å². The average Bonchev–Trinajstić information content (AvgIpc) is 3.45. The lowest BCUT2D eigenvalue weighted by Gasteiger charge is -2.17. The highest BCUT2D eigenvalue weighted by Crippen LogP contribution is 2.23. The van der Waals surface area contributed by atoms with E-state index in [1.54, 1.807) is 16.8 Å². The molecule has 1 atom stereocenters. The molecule has 0 spiro atoms. The largest absolute Gasteiger partial charge is 0.493 e. The lowest BCUT2D eigenvalue weighted by Crippen LogP contribution is -2.26. The van der Waals surface area contributed by atoms with E-state index in [9.17, 15) is 9.90 Å². The van der Waals surface area contributed by atoms with E-state index in [0.29, 0.717) is 22.4 Å². The second-order valence-corrected chi connectivity index (χ2v) is 8.04. The van der Waals surface area contributed by atoms with Crippen molar-refractivity contribution in [2.24, 2.45) is 4.99 Å². The van der Waals surface area contributed by atoms with Gasteiger partial charge in [0.25, 0.3) is 5.62 Å². The number of imidazole rings is 1. The quantitative estimate of drug-likeness (QED) is 0.330. The summed E-state index contributed by atoms with van der Waals surface area (Å²) in [7, 11) is 0. The second kappa shape index (κ2) is 8.49. The highest BCUT2D eigenvalue weighted by Gasteiger charge is 2.21. The van der Waals surface area contributed by atoms with Gasteiger partial charge in [-0.05, 0) is 43.9 Å². The molecule has 33 heavy (non-hydrogen) atoms. The van der Waals surface area contributed by atoms with Gasteiger partial charge < -0.3 is 15.4 Å². The highest BCUT2D eigenvalue weighted by atomic mass is 16.3. The maximum Gasteiger partial charge on any atom is 0.326 e. The van der Waals surface area contributed by atoms with E-state index in [1.165, 1.54) is 0 Å². The molecule has 1 fully saturated rings. The number of nitrogens with one attached hydrogen (secondary N) is 3. The van der Waals surface area contributed by atoms with E-state index in [2.05, 4.69) is 44.2 Å². The summed E-state index contributed by atoms with van der Waals surface area (Å²) >= 11 is 0. The van der Waals surface area contributed by atoms with Crippen molar-refractivity contribution >= 4 is 17.7 Å². The van der Waals surface area contributed by atoms with Gasteiger partial charge in [0.1, 0.15) is 5.69 Å². The van der Waals surface area contributed by atoms with Crippen molar-refractivity contribution in [3.63, 3.8) is 0 Å². The summed E-state index contributed by atoms with van der Waals surface area (Å²) in [5.41, 5.74) is 2.68. The summed E-state index contributed by atoms with van der Waals surface area (Å²) in [5.74, 6) is 0.168. The van der Waals surface area contributed by atoms with Gasteiger partial charge in [-0.15, -0.1) is 0 Å². The molecule has 0 bridgehead atoms. The molecule has 4 aromatic heterocycles. The number of pyridine rings is 1. The van der Waals surface area contributed by atoms with Gasteiger partial charge in [0.15, 0.2) is 5.65 Å². The molecule has 170 valence electrons. The van der Waals surface area contributed by atoms with Crippen LogP contribution < -0.4 is 21.8 Å². The fourth-order valence-corrected chi connectivity index (χ4v) is 3.57. The Morgan fingerprint density at radius 2 is 2.12 bits per heavy atom. The van der Waals surface area contributed by atoms with Crippen LogP contribution in [0, 0.1) is 0 Å². The van der Waals surface area contributed by atoms with E-state index < -0.39 is 5.69 Å². The SMILES string of the molecule is CCc1cccc(C(CC)Nc2nc(=NC3CC3)n3ncc(=Cc4[nH]c(=O)[nH]c4O)c3n2)n1. The topological polar surface area (TPSA) is 149 Å². The van der Waals surface area contributed by atoms with Crippen LogP contribution in [0.2, 0.25) is 0 Å². The first-order chi connectivity index (χ1) is 16.0. The van der Waals surface area contributed by atoms with Gasteiger partial charge in [-0.1, -0.05) is 19.9 Å². The minimum Gasteiger partial charge on any atom is -0.493 e. The Labute approximate surface area is 188 Å². The molecule has 0 saturated heterocycles. The maximum atomic E-state index is 11.5. The van der Waals surface area contributed by atoms with Crippen LogP contribution in [-0.4, -0.2) is 45.7 Å². The predicted molar refractivity (Wildman–Crippen MR) is 121 cm³/mol. The number of hydrogen-bond donors (Lipinski definition) is 4. The Hall–Kier alpha value is -4.02. The second-order valence-electron chi connectivity index (χ2n) is 8.04. The smallest absolute Gasteiger partial charge is 0.326 e. The monoisotopic (exact) mass is 447 g/mol. The fraction of sp³-hybridized carbons (Fsp3) is 0.364. The van der Waals surface area contributed by atoms with Gasteiger partial charge >= 0.3 is 5.69 Å². The summed E-state index contributed by atoms with van der Waals surface area (Å²) < 4.78 is 1.58. The molecule has 0 aromatic carbocycles. The number of anilines is 1. The summed E-state index contributed by atoms with van der Waals surface area (Å²) in [4.78, 5) is 35.1. The third kappa shape index (κ3) is 4.34. The molecule has 4 aromatic rings. The first-order valence-corrected chi connectivity index (χ1v) is 11.1. The molecule has 11 nitrogen and oxygen atoms in total. The fourth-order valence-electron chi connectivity index (χ4n) is 3.57. The van der Waals surface area contributed by atoms with Crippen molar-refractivity contribution in [1.29, 1.82) is 0 Å². The van der Waals surface area contributed by atoms with Crippen LogP contribution in [0.3, 0.4) is 0 Å². The zero-order valence-corrected chi connectivity index (χ0v) is 18.4. The zero-order valence-electron chi connectivity index (χ0n) is 18.4. The maximum absolute atomic E-state index is 11.5. The first kappa shape index (κ1) is 20.9. The Morgan fingerprint density at radius 3 is 2.82 bits per heavy atom. The summed E-state index contributed by atoms with van der Waals surface area (Å²) in [6, 6.07) is 6.19. The lowest BCUT2D eigenvalue weighted by molar-refractivity contribution is 0.454. The number of fused-ring (bicyclic) bond motifs is 1. The molecular weight excluding hydrogens is 422 g/mol. The number of nitrogens with zero attached hydrogens (tertiary/aromatic N) is 6. The first-order valence-electron chi connectivity index (χ1n) is 11.1. The normalized spacial score (nSPS) is 15.9. The number of aryl methyl sites for hydroxylation is 1. The van der Waals surface area contributed by atoms with Crippen LogP contribution in [0.15, 0.2) is 34.2 Å². The summed E-state index contributed by atoms with van der Waals surface area (Å²) in [5, 5.41) is 18.4. The molecule has 4 heterocycles. The number of H-pyrrole nitrogens is 2. The van der Waals surface area contributed by atoms with Gasteiger partial charge in [0, 0.05) is 10.9 Å². The van der Waals surface area contributed by atoms with Crippen molar-refractivity contribution in [1.82, 2.24) is 34.5 Å². The predicted octanol–water partition coefficient (Wildman–Crippen LogP) is 0.978. The Bertz CT molecular complexity index is 1480. The molecule has 1 saturated carbocycles. The van der Waals surface area contributed by atoms with Gasteiger partial charge in [0.2, 0.25) is 11.8 Å². The van der Waals surface area contributed by atoms with Gasteiger partial charge in [-0.2, -0.15) is 19.6 Å². The van der Waals surface area contributed by atoms with Crippen LogP contribution in [0.5, 0.6) is 5.88 Å². The Balaban J connectivity index is 1.61. The van der Waals surface area contributed by atoms with Crippen molar-refractivity contribution in [3.05, 3.63) is 62.8 Å². The van der Waals surface area contributed by atoms with Crippen LogP contribution in [0.25, 0.3) is 11.7 Å². The number of aromatic nitrogens is 7. The Kier molecular flexibility index (Phi) is 5.37. The van der Waals surface area contributed by atoms with E-state index in [1.807, 2.05) is 18.2 Å². The summed E-state index contributed by atoms with van der Waals surface area (Å²) in [6.45, 7) is 4.16. The minimum atomic E-state index is -0.496. The van der Waals surface area contributed by atoms with Crippen LogP contribution >= 0.6 is 0 Å². The lowest BCUT2D eigenvalue weighted by atomic mass is 10.1. The van der Waals surface area contributed by atoms with E-state index in [4.69, 9.17) is 9.98 Å². The van der Waals surface area contributed by atoms with E-state index in [-0.39, 0.29) is 23.7 Å². The molecule has 11 heteroatoms. The van der Waals surface area contributed by atoms with Gasteiger partial charge in [0.05, 0.1) is 24.0 Å². The number of aromatic hydroxyl groups is 1. The average molecular weight is 448 g/mol. The number of aromatic amines is 2. The molecule has 5 rings (SSSR count). The standard InChI is InChI=1S/C22H25N9O2/c1-3-13-6-5-7-16(24-13)15(4-2)26-20-28-18-12(10-17-19(32)29-22(33)27-17)11-23-31(18)21(30-20)25-14-8-9-14/h5-7,10-11,14-15,32H,3-4,8-9H2,1-2H3,(H,25,26,30)(H2,27,29,33). The zero-order chi connectivity index (χ0) is 22.9. The molecule has 0 amide bonds. The van der Waals surface area contributed by atoms with Crippen LogP contribution in [0.4, 0.5) is 5.95 Å². The molecule has 0 aliphatic heterocycles. The Morgan fingerprint density at radius 1 is 1.27 bits per heavy atom. The molecule has 0 radical (unpaired) electrons. The number of hydrogen-bond acceptors (Lipinski definition) is 8. The van der Waals surface area contributed by atoms with E-state index in [0.717, 1.165) is 37.1 Å². The number of rotatable bonds is 7. The molecular formula is C22H25N9O2. The van der Waals surface area contributed by atoms with Crippen molar-refractivity contribution in [2.45, 2.75) is 51.6 Å². The van der Waals surface area contributed by atoms with Crippen molar-refractivity contribution in [2.75, 3.05) is 5.32 Å². The third-order valence-electron chi connectivity index (χ3n) is 5.52. The molecule has 4 N–H and O–H groups in total. The summed E-state index contributed by atoms with van der Waals surface area (Å²) in [6.07, 6.45) is 6.92. The molecule has 1 aliphatic carbocycles. The highest BCUT2D eigenvalue weighted by molar-refractivity contribution is 5.57. The molecule has 1 aliphatic rings. The third-order valence-corrected chi connectivity index (χ3v) is 5.52. The molecule has 1 unspecified atom stereocenters. The van der Waals surface area contributed by atoms with Crippen molar-refractivity contribution in [3.8, 4) is 5.88 Å². The van der Waals surface area contributed by atoms with Gasteiger partial charge in [-0.3, -0.25) is 9.97 Å². The van der Waals surface area contributed by atoms with Crippen LogP contribution in [-0.2, 0) is 6.42 Å².